The molecule has 1 aliphatic heterocycles. The van der Waals surface area contributed by atoms with Crippen molar-refractivity contribution in [2.24, 2.45) is 4.99 Å². The number of hydrogen-bond donors (Lipinski definition) is 1. The number of halogens is 1. The number of benzene rings is 1. The molecule has 0 amide bonds. The Morgan fingerprint density at radius 2 is 1.93 bits per heavy atom. The highest BCUT2D eigenvalue weighted by Gasteiger charge is 2.38. The van der Waals surface area contributed by atoms with Crippen molar-refractivity contribution in [3.63, 3.8) is 0 Å². The zero-order valence-electron chi connectivity index (χ0n) is 15.9. The maximum Gasteiger partial charge on any atom is 0.193 e. The summed E-state index contributed by atoms with van der Waals surface area (Å²) in [5.41, 5.74) is 0. The van der Waals surface area contributed by atoms with E-state index in [1.807, 2.05) is 6.07 Å². The highest BCUT2D eigenvalue weighted by Crippen LogP contribution is 2.42. The minimum atomic E-state index is -3.26. The first-order valence-corrected chi connectivity index (χ1v) is 12.1. The smallest absolute Gasteiger partial charge is 0.193 e. The van der Waals surface area contributed by atoms with Gasteiger partial charge in [0.15, 0.2) is 15.8 Å². The van der Waals surface area contributed by atoms with Crippen LogP contribution >= 0.6 is 35.7 Å². The molecular formula is C19H30IN3O2S2. The summed E-state index contributed by atoms with van der Waals surface area (Å²) in [6.45, 7) is 2.36. The van der Waals surface area contributed by atoms with Crippen LogP contribution < -0.4 is 5.32 Å². The van der Waals surface area contributed by atoms with E-state index < -0.39 is 9.84 Å². The average molecular weight is 524 g/mol. The van der Waals surface area contributed by atoms with E-state index in [1.165, 1.54) is 32.1 Å². The predicted octanol–water partition coefficient (Wildman–Crippen LogP) is 3.41. The third-order valence-corrected chi connectivity index (χ3v) is 8.55. The fourth-order valence-corrected chi connectivity index (χ4v) is 6.65. The molecular weight excluding hydrogens is 493 g/mol. The minimum Gasteiger partial charge on any atom is -0.355 e. The number of nitrogens with one attached hydrogen (secondary N) is 1. The molecule has 1 aromatic rings. The van der Waals surface area contributed by atoms with Crippen LogP contribution in [0.5, 0.6) is 0 Å². The summed E-state index contributed by atoms with van der Waals surface area (Å²) < 4.78 is 25.2. The van der Waals surface area contributed by atoms with Crippen LogP contribution in [0.3, 0.4) is 0 Å². The summed E-state index contributed by atoms with van der Waals surface area (Å²) in [6.07, 6.45) is 6.57. The van der Waals surface area contributed by atoms with E-state index in [1.54, 1.807) is 31.3 Å². The van der Waals surface area contributed by atoms with Crippen molar-refractivity contribution in [3.05, 3.63) is 30.3 Å². The van der Waals surface area contributed by atoms with Crippen LogP contribution in [-0.2, 0) is 9.84 Å². The molecule has 27 heavy (non-hydrogen) atoms. The maximum absolute atomic E-state index is 12.4. The number of rotatable bonds is 4. The molecule has 1 heterocycles. The SMILES string of the molecule is CN=C(NCCS(=O)(=O)c1ccccc1)N1CCSC2(CCCCC2)C1.I. The van der Waals surface area contributed by atoms with E-state index in [0.717, 1.165) is 24.8 Å². The molecule has 8 heteroatoms. The average Bonchev–Trinajstić information content (AvgIpc) is 2.66. The van der Waals surface area contributed by atoms with Crippen molar-refractivity contribution < 1.29 is 8.42 Å². The second-order valence-corrected chi connectivity index (χ2v) is 10.8. The van der Waals surface area contributed by atoms with Gasteiger partial charge < -0.3 is 10.2 Å². The number of nitrogens with zero attached hydrogens (tertiary/aromatic N) is 2. The monoisotopic (exact) mass is 523 g/mol. The Hall–Kier alpha value is -0.480. The van der Waals surface area contributed by atoms with E-state index in [2.05, 4.69) is 27.0 Å². The molecule has 152 valence electrons. The molecule has 1 aromatic carbocycles. The molecule has 5 nitrogen and oxygen atoms in total. The predicted molar refractivity (Wildman–Crippen MR) is 125 cm³/mol. The molecule has 3 rings (SSSR count). The second kappa shape index (κ2) is 10.3. The zero-order chi connectivity index (χ0) is 18.5. The van der Waals surface area contributed by atoms with Gasteiger partial charge in [-0.15, -0.1) is 24.0 Å². The van der Waals surface area contributed by atoms with Crippen LogP contribution in [0.4, 0.5) is 0 Å². The third kappa shape index (κ3) is 6.00. The summed E-state index contributed by atoms with van der Waals surface area (Å²) in [4.78, 5) is 7.11. The van der Waals surface area contributed by atoms with Gasteiger partial charge in [0, 0.05) is 37.2 Å². The summed E-state index contributed by atoms with van der Waals surface area (Å²) in [6, 6.07) is 8.65. The summed E-state index contributed by atoms with van der Waals surface area (Å²) in [7, 11) is -1.48. The Morgan fingerprint density at radius 3 is 2.59 bits per heavy atom. The van der Waals surface area contributed by atoms with E-state index in [9.17, 15) is 8.42 Å². The maximum atomic E-state index is 12.4. The van der Waals surface area contributed by atoms with Crippen LogP contribution in [0, 0.1) is 0 Å². The van der Waals surface area contributed by atoms with Gasteiger partial charge in [-0.25, -0.2) is 8.42 Å². The standard InChI is InChI=1S/C19H29N3O2S2.HI/c1-20-18(21-12-15-26(23,24)17-8-4-2-5-9-17)22-13-14-25-19(16-22)10-6-3-7-11-19;/h2,4-5,8-9H,3,6-7,10-16H2,1H3,(H,20,21);1H. The third-order valence-electron chi connectivity index (χ3n) is 5.28. The van der Waals surface area contributed by atoms with Gasteiger partial charge in [0.25, 0.3) is 0 Å². The number of thioether (sulfide) groups is 1. The molecule has 1 aliphatic carbocycles. The summed E-state index contributed by atoms with van der Waals surface area (Å²) in [5, 5.41) is 3.27. The molecule has 2 aliphatic rings. The Morgan fingerprint density at radius 1 is 1.22 bits per heavy atom. The molecule has 1 saturated heterocycles. The molecule has 0 aromatic heterocycles. The largest absolute Gasteiger partial charge is 0.355 e. The van der Waals surface area contributed by atoms with E-state index >= 15 is 0 Å². The topological polar surface area (TPSA) is 61.8 Å². The Kier molecular flexibility index (Phi) is 8.73. The lowest BCUT2D eigenvalue weighted by molar-refractivity contribution is 0.293. The van der Waals surface area contributed by atoms with Gasteiger partial charge in [0.05, 0.1) is 10.6 Å². The van der Waals surface area contributed by atoms with Gasteiger partial charge in [-0.05, 0) is 25.0 Å². The fraction of sp³-hybridized carbons (Fsp3) is 0.632. The van der Waals surface area contributed by atoms with E-state index in [0.29, 0.717) is 16.2 Å². The molecule has 1 spiro atoms. The lowest BCUT2D eigenvalue weighted by Gasteiger charge is -2.45. The second-order valence-electron chi connectivity index (χ2n) is 7.12. The molecule has 0 atom stereocenters. The lowest BCUT2D eigenvalue weighted by Crippen LogP contribution is -2.53. The highest BCUT2D eigenvalue weighted by molar-refractivity contribution is 14.0. The van der Waals surface area contributed by atoms with Gasteiger partial charge in [-0.1, -0.05) is 37.5 Å². The molecule has 1 N–H and O–H groups in total. The van der Waals surface area contributed by atoms with Crippen molar-refractivity contribution in [2.75, 3.05) is 38.2 Å². The molecule has 1 saturated carbocycles. The van der Waals surface area contributed by atoms with Crippen molar-refractivity contribution in [1.82, 2.24) is 10.2 Å². The van der Waals surface area contributed by atoms with Crippen LogP contribution in [0.2, 0.25) is 0 Å². The van der Waals surface area contributed by atoms with Crippen LogP contribution in [0.1, 0.15) is 32.1 Å². The van der Waals surface area contributed by atoms with E-state index in [-0.39, 0.29) is 29.7 Å². The molecule has 0 bridgehead atoms. The number of sulfone groups is 1. The highest BCUT2D eigenvalue weighted by atomic mass is 127. The zero-order valence-corrected chi connectivity index (χ0v) is 19.9. The number of hydrogen-bond acceptors (Lipinski definition) is 4. The number of aliphatic imine (C=N–C) groups is 1. The summed E-state index contributed by atoms with van der Waals surface area (Å²) in [5.74, 6) is 2.02. The van der Waals surface area contributed by atoms with Gasteiger partial charge in [0.2, 0.25) is 0 Å². The van der Waals surface area contributed by atoms with Gasteiger partial charge in [0.1, 0.15) is 0 Å². The van der Waals surface area contributed by atoms with Crippen molar-refractivity contribution in [1.29, 1.82) is 0 Å². The number of guanidine groups is 1. The minimum absolute atomic E-state index is 0. The van der Waals surface area contributed by atoms with Gasteiger partial charge in [-0.2, -0.15) is 11.8 Å². The molecule has 2 fully saturated rings. The van der Waals surface area contributed by atoms with Crippen LogP contribution in [0.25, 0.3) is 0 Å². The Bertz CT molecular complexity index is 714. The van der Waals surface area contributed by atoms with Crippen LogP contribution in [0.15, 0.2) is 40.2 Å². The molecule has 0 unspecified atom stereocenters. The van der Waals surface area contributed by atoms with Crippen molar-refractivity contribution in [3.8, 4) is 0 Å². The molecule has 0 radical (unpaired) electrons. The fourth-order valence-electron chi connectivity index (χ4n) is 3.90. The van der Waals surface area contributed by atoms with Crippen LogP contribution in [-0.4, -0.2) is 62.2 Å². The van der Waals surface area contributed by atoms with Crippen molar-refractivity contribution in [2.45, 2.75) is 41.7 Å². The van der Waals surface area contributed by atoms with E-state index in [4.69, 9.17) is 0 Å². The first-order chi connectivity index (χ1) is 12.5. The van der Waals surface area contributed by atoms with Gasteiger partial charge in [-0.3, -0.25) is 4.99 Å². The lowest BCUT2D eigenvalue weighted by atomic mass is 9.87. The first-order valence-electron chi connectivity index (χ1n) is 9.42. The Labute approximate surface area is 184 Å². The quantitative estimate of drug-likeness (QED) is 0.373. The van der Waals surface area contributed by atoms with Crippen molar-refractivity contribution >= 4 is 51.5 Å². The summed E-state index contributed by atoms with van der Waals surface area (Å²) >= 11 is 2.12. The van der Waals surface area contributed by atoms with Gasteiger partial charge >= 0.3 is 0 Å². The Balaban J connectivity index is 0.00000261. The first kappa shape index (κ1) is 22.8. The normalized spacial score (nSPS) is 20.2.